The van der Waals surface area contributed by atoms with Gasteiger partial charge in [-0.15, -0.1) is 0 Å². The Kier molecular flexibility index (Phi) is 13.2. The number of rotatable bonds is 8. The number of halogens is 2. The largest absolute Gasteiger partial charge is 0.393 e. The lowest BCUT2D eigenvalue weighted by Gasteiger charge is -2.11. The molecule has 0 radical (unpaired) electrons. The molecule has 0 amide bonds. The van der Waals surface area contributed by atoms with Gasteiger partial charge in [0.15, 0.2) is 0 Å². The third-order valence-electron chi connectivity index (χ3n) is 6.95. The number of aromatic amines is 1. The minimum absolute atomic E-state index is 0.00607. The molecule has 2 aliphatic heterocycles. The summed E-state index contributed by atoms with van der Waals surface area (Å²) in [6, 6.07) is 6.44. The first-order valence-corrected chi connectivity index (χ1v) is 17.4. The first-order valence-electron chi connectivity index (χ1n) is 14.4. The Bertz CT molecular complexity index is 2030. The molecule has 18 heteroatoms. The Morgan fingerprint density at radius 1 is 0.894 bits per heavy atom. The molecule has 5 rings (SSSR count). The highest BCUT2D eigenvalue weighted by atomic mass is 79.9. The van der Waals surface area contributed by atoms with Crippen LogP contribution in [0.2, 0.25) is 0 Å². The predicted octanol–water partition coefficient (Wildman–Crippen LogP) is 1.82. The summed E-state index contributed by atoms with van der Waals surface area (Å²) in [5.74, 6) is 0.866. The van der Waals surface area contributed by atoms with Crippen LogP contribution >= 0.6 is 31.9 Å². The molecule has 3 N–H and O–H groups in total. The summed E-state index contributed by atoms with van der Waals surface area (Å²) in [5, 5.41) is 18.2. The molecule has 3 aromatic rings. The third kappa shape index (κ3) is 9.86. The molecule has 0 spiro atoms. The predicted molar refractivity (Wildman–Crippen MR) is 185 cm³/mol. The fourth-order valence-corrected chi connectivity index (χ4v) is 6.11. The molecule has 15 nitrogen and oxygen atoms in total. The maximum Gasteiger partial charge on any atom is 0.332 e. The Hall–Kier alpha value is -3.29. The van der Waals surface area contributed by atoms with Crippen LogP contribution in [0.15, 0.2) is 58.3 Å². The lowest BCUT2D eigenvalue weighted by atomic mass is 10.2. The summed E-state index contributed by atoms with van der Waals surface area (Å²) < 4.78 is 33.2. The molecule has 0 saturated heterocycles. The Morgan fingerprint density at radius 3 is 1.98 bits per heavy atom. The van der Waals surface area contributed by atoms with Crippen LogP contribution in [0.3, 0.4) is 0 Å². The van der Waals surface area contributed by atoms with Gasteiger partial charge < -0.3 is 10.2 Å². The van der Waals surface area contributed by atoms with E-state index in [1.54, 1.807) is 40.1 Å². The van der Waals surface area contributed by atoms with Crippen molar-refractivity contribution in [2.24, 2.45) is 24.1 Å². The second-order valence-electron chi connectivity index (χ2n) is 10.9. The summed E-state index contributed by atoms with van der Waals surface area (Å²) in [7, 11) is -0.516. The van der Waals surface area contributed by atoms with Crippen LogP contribution in [0.25, 0.3) is 0 Å². The molecular weight excluding hydrogens is 768 g/mol. The standard InChI is InChI=1S/C11H14BrN3O3.C11H16O4S.C7H6BrN3O2/c1-6(16)3-4-15-10(17)7-5-8(12)13-9(7)14(2)11(15)18;1-9-3-5-11(6-4-9)16(13,14)15-8-7-10(2)12;1-11-5-3(2-4(8)9-5)6(12)10-7(11)13/h6,16H,3-5H2,1-2H3;3-6,10,12H,7-8H2,1-2H3;2H2,1H3,(H,10,12,13). The smallest absolute Gasteiger partial charge is 0.332 e. The van der Waals surface area contributed by atoms with Gasteiger partial charge in [-0.2, -0.15) is 8.42 Å². The zero-order chi connectivity index (χ0) is 35.2. The van der Waals surface area contributed by atoms with Crippen molar-refractivity contribution >= 4 is 62.9 Å². The van der Waals surface area contributed by atoms with Gasteiger partial charge in [-0.05, 0) is 77.6 Å². The van der Waals surface area contributed by atoms with Crippen molar-refractivity contribution in [3.63, 3.8) is 0 Å². The number of benzene rings is 1. The van der Waals surface area contributed by atoms with Gasteiger partial charge in [-0.25, -0.2) is 19.6 Å². The van der Waals surface area contributed by atoms with Gasteiger partial charge >= 0.3 is 11.4 Å². The fourth-order valence-electron chi connectivity index (χ4n) is 4.29. The zero-order valence-corrected chi connectivity index (χ0v) is 30.3. The molecule has 0 aliphatic carbocycles. The number of fused-ring (bicyclic) bond motifs is 2. The maximum absolute atomic E-state index is 12.2. The minimum Gasteiger partial charge on any atom is -0.393 e. The van der Waals surface area contributed by atoms with Crippen LogP contribution in [0.1, 0.15) is 43.4 Å². The third-order valence-corrected chi connectivity index (χ3v) is 9.19. The van der Waals surface area contributed by atoms with Crippen LogP contribution in [0.4, 0.5) is 11.6 Å². The number of aliphatic imine (C=N–C) groups is 2. The molecule has 0 bridgehead atoms. The zero-order valence-electron chi connectivity index (χ0n) is 26.4. The molecular formula is C29H36Br2N6O9S. The van der Waals surface area contributed by atoms with Crippen LogP contribution in [-0.2, 0) is 47.8 Å². The molecule has 1 aromatic carbocycles. The van der Waals surface area contributed by atoms with Gasteiger partial charge in [0.1, 0.15) is 11.6 Å². The van der Waals surface area contributed by atoms with Gasteiger partial charge in [0.2, 0.25) is 0 Å². The molecule has 2 unspecified atom stereocenters. The number of aromatic nitrogens is 4. The SMILES string of the molecule is CC(O)CCn1c(=O)c2c(n(C)c1=O)N=C(Br)C2.Cc1ccc(S(=O)(=O)OCCC(C)O)cc1.Cn1c2c(c(=O)[nH]c1=O)CC(Br)=N2. The fraction of sp³-hybridized carbons (Fsp3) is 0.448. The lowest BCUT2D eigenvalue weighted by Crippen LogP contribution is -2.40. The van der Waals surface area contributed by atoms with Crippen LogP contribution in [0, 0.1) is 6.92 Å². The highest BCUT2D eigenvalue weighted by Gasteiger charge is 2.23. The van der Waals surface area contributed by atoms with E-state index in [-0.39, 0.29) is 29.2 Å². The number of nitrogens with one attached hydrogen (secondary N) is 1. The Balaban J connectivity index is 0.000000194. The normalized spacial score (nSPS) is 14.5. The highest BCUT2D eigenvalue weighted by molar-refractivity contribution is 9.18. The van der Waals surface area contributed by atoms with E-state index in [1.165, 1.54) is 21.3 Å². The molecule has 0 saturated carbocycles. The van der Waals surface area contributed by atoms with Crippen molar-refractivity contribution < 1.29 is 22.8 Å². The number of H-pyrrole nitrogens is 1. The van der Waals surface area contributed by atoms with E-state index in [0.29, 0.717) is 57.7 Å². The van der Waals surface area contributed by atoms with Crippen molar-refractivity contribution in [2.45, 2.75) is 70.1 Å². The molecule has 2 aliphatic rings. The number of hydrogen-bond donors (Lipinski definition) is 3. The Morgan fingerprint density at radius 2 is 1.43 bits per heavy atom. The monoisotopic (exact) mass is 802 g/mol. The van der Waals surface area contributed by atoms with Crippen molar-refractivity contribution in [1.29, 1.82) is 0 Å². The van der Waals surface area contributed by atoms with E-state index in [0.717, 1.165) is 10.1 Å². The van der Waals surface area contributed by atoms with Crippen molar-refractivity contribution in [2.75, 3.05) is 6.61 Å². The van der Waals surface area contributed by atoms with Crippen molar-refractivity contribution in [1.82, 2.24) is 18.7 Å². The van der Waals surface area contributed by atoms with Gasteiger partial charge in [-0.3, -0.25) is 32.5 Å². The van der Waals surface area contributed by atoms with E-state index in [2.05, 4.69) is 46.8 Å². The van der Waals surface area contributed by atoms with Crippen LogP contribution in [0.5, 0.6) is 0 Å². The van der Waals surface area contributed by atoms with Crippen LogP contribution in [-0.4, -0.2) is 65.4 Å². The maximum atomic E-state index is 12.2. The molecule has 0 fully saturated rings. The van der Waals surface area contributed by atoms with Gasteiger partial charge in [-0.1, -0.05) is 17.7 Å². The summed E-state index contributed by atoms with van der Waals surface area (Å²) in [4.78, 5) is 57.1. The van der Waals surface area contributed by atoms with E-state index in [9.17, 15) is 32.7 Å². The summed E-state index contributed by atoms with van der Waals surface area (Å²) in [6.45, 7) is 5.30. The van der Waals surface area contributed by atoms with E-state index < -0.39 is 33.7 Å². The van der Waals surface area contributed by atoms with E-state index in [1.807, 2.05) is 6.92 Å². The molecule has 256 valence electrons. The highest BCUT2D eigenvalue weighted by Crippen LogP contribution is 2.24. The number of hydrogen-bond acceptors (Lipinski definition) is 11. The molecule has 4 heterocycles. The van der Waals surface area contributed by atoms with E-state index >= 15 is 0 Å². The van der Waals surface area contributed by atoms with E-state index in [4.69, 9.17) is 9.29 Å². The number of nitrogens with zero attached hydrogens (tertiary/aromatic N) is 5. The second-order valence-corrected chi connectivity index (χ2v) is 14.4. The van der Waals surface area contributed by atoms with Crippen molar-refractivity contribution in [3.8, 4) is 0 Å². The van der Waals surface area contributed by atoms with Crippen LogP contribution < -0.4 is 22.5 Å². The van der Waals surface area contributed by atoms with Crippen molar-refractivity contribution in [3.05, 3.63) is 82.6 Å². The van der Waals surface area contributed by atoms with Gasteiger partial charge in [0.05, 0.1) is 44.1 Å². The molecule has 2 atom stereocenters. The minimum atomic E-state index is -3.68. The number of aryl methyl sites for hydroxylation is 1. The summed E-state index contributed by atoms with van der Waals surface area (Å²) >= 11 is 6.44. The molecule has 2 aromatic heterocycles. The summed E-state index contributed by atoms with van der Waals surface area (Å²) in [6.07, 6.45) is 0.433. The second kappa shape index (κ2) is 16.2. The van der Waals surface area contributed by atoms with Gasteiger partial charge in [0, 0.05) is 33.5 Å². The topological polar surface area (TPSA) is 207 Å². The summed E-state index contributed by atoms with van der Waals surface area (Å²) in [5.41, 5.74) is 0.551. The van der Waals surface area contributed by atoms with Gasteiger partial charge in [0.25, 0.3) is 21.2 Å². The number of aliphatic hydroxyl groups excluding tert-OH is 2. The average Bonchev–Trinajstić information content (AvgIpc) is 3.58. The molecule has 47 heavy (non-hydrogen) atoms. The quantitative estimate of drug-likeness (QED) is 0.284. The number of aliphatic hydroxyl groups is 2. The lowest BCUT2D eigenvalue weighted by molar-refractivity contribution is 0.157. The first-order chi connectivity index (χ1) is 21.9. The average molecular weight is 805 g/mol. The first kappa shape index (κ1) is 38.2. The Labute approximate surface area is 286 Å².